The molecule has 1 aromatic heterocycles. The summed E-state index contributed by atoms with van der Waals surface area (Å²) in [7, 11) is -3.71. The first-order valence-corrected chi connectivity index (χ1v) is 13.3. The van der Waals surface area contributed by atoms with Crippen LogP contribution in [-0.4, -0.2) is 44.5 Å². The average molecular weight is 537 g/mol. The Morgan fingerprint density at radius 3 is 2.49 bits per heavy atom. The smallest absolute Gasteiger partial charge is 0.260 e. The number of carbonyl (C=O) groups is 1. The number of hydrazone groups is 1. The van der Waals surface area contributed by atoms with Gasteiger partial charge >= 0.3 is 0 Å². The lowest BCUT2D eigenvalue weighted by molar-refractivity contribution is -0.119. The topological polar surface area (TPSA) is 93.0 Å². The second-order valence-electron chi connectivity index (χ2n) is 7.72. The molecule has 0 saturated heterocycles. The van der Waals surface area contributed by atoms with E-state index >= 15 is 0 Å². The number of ether oxygens (including phenoxy) is 1. The number of carbonyl (C=O) groups excluding carboxylic acids is 1. The van der Waals surface area contributed by atoms with Gasteiger partial charge in [0.1, 0.15) is 12.3 Å². The second kappa shape index (κ2) is 11.2. The highest BCUT2D eigenvalue weighted by molar-refractivity contribution is 7.92. The molecule has 0 spiro atoms. The number of benzene rings is 2. The van der Waals surface area contributed by atoms with Gasteiger partial charge in [-0.05, 0) is 63.2 Å². The Morgan fingerprint density at radius 2 is 1.86 bits per heavy atom. The summed E-state index contributed by atoms with van der Waals surface area (Å²) < 4.78 is 32.9. The van der Waals surface area contributed by atoms with Gasteiger partial charge in [-0.15, -0.1) is 0 Å². The van der Waals surface area contributed by atoms with Crippen LogP contribution >= 0.6 is 23.2 Å². The average Bonchev–Trinajstić information content (AvgIpc) is 3.07. The van der Waals surface area contributed by atoms with Crippen molar-refractivity contribution in [2.45, 2.75) is 20.8 Å². The Balaban J connectivity index is 1.74. The molecule has 0 aliphatic heterocycles. The summed E-state index contributed by atoms with van der Waals surface area (Å²) in [5.74, 6) is 0.0164. The lowest BCUT2D eigenvalue weighted by Gasteiger charge is -2.21. The number of anilines is 1. The molecule has 0 fully saturated rings. The van der Waals surface area contributed by atoms with Gasteiger partial charge in [0.2, 0.25) is 10.0 Å². The van der Waals surface area contributed by atoms with E-state index in [2.05, 4.69) is 10.5 Å². The van der Waals surface area contributed by atoms with Gasteiger partial charge in [0.05, 0.1) is 40.5 Å². The Bertz CT molecular complexity index is 1350. The van der Waals surface area contributed by atoms with Gasteiger partial charge in [-0.25, -0.2) is 13.8 Å². The van der Waals surface area contributed by atoms with Crippen LogP contribution < -0.4 is 14.5 Å². The SMILES string of the molecule is CCOc1ccc(N(CC(=O)N/N=C/c2cc(C)n(-c3cccc(Cl)c3Cl)c2C)S(C)(=O)=O)cc1. The highest BCUT2D eigenvalue weighted by Crippen LogP contribution is 2.31. The molecule has 1 N–H and O–H groups in total. The maximum absolute atomic E-state index is 12.5. The molecule has 1 heterocycles. The maximum Gasteiger partial charge on any atom is 0.260 e. The lowest BCUT2D eigenvalue weighted by Crippen LogP contribution is -2.39. The van der Waals surface area contributed by atoms with Crippen molar-refractivity contribution in [3.05, 3.63) is 75.5 Å². The lowest BCUT2D eigenvalue weighted by atomic mass is 10.2. The number of aryl methyl sites for hydroxylation is 1. The van der Waals surface area contributed by atoms with Crippen molar-refractivity contribution in [2.24, 2.45) is 5.10 Å². The molecule has 0 bridgehead atoms. The molecule has 0 saturated carbocycles. The van der Waals surface area contributed by atoms with Gasteiger partial charge in [0.25, 0.3) is 5.91 Å². The highest BCUT2D eigenvalue weighted by Gasteiger charge is 2.21. The van der Waals surface area contributed by atoms with E-state index in [4.69, 9.17) is 27.9 Å². The van der Waals surface area contributed by atoms with E-state index in [1.54, 1.807) is 30.3 Å². The van der Waals surface area contributed by atoms with Crippen LogP contribution in [0, 0.1) is 13.8 Å². The molecule has 2 aromatic carbocycles. The summed E-state index contributed by atoms with van der Waals surface area (Å²) in [6.45, 7) is 5.72. The summed E-state index contributed by atoms with van der Waals surface area (Å²) >= 11 is 12.5. The van der Waals surface area contributed by atoms with Crippen molar-refractivity contribution in [3.8, 4) is 11.4 Å². The molecule has 3 aromatic rings. The molecule has 186 valence electrons. The van der Waals surface area contributed by atoms with Crippen LogP contribution in [0.4, 0.5) is 5.69 Å². The van der Waals surface area contributed by atoms with Gasteiger partial charge in [-0.1, -0.05) is 29.3 Å². The first-order chi connectivity index (χ1) is 16.5. The summed E-state index contributed by atoms with van der Waals surface area (Å²) in [5, 5.41) is 4.90. The van der Waals surface area contributed by atoms with E-state index in [9.17, 15) is 13.2 Å². The Hall–Kier alpha value is -3.01. The molecule has 11 heteroatoms. The molecule has 0 unspecified atom stereocenters. The van der Waals surface area contributed by atoms with E-state index in [1.807, 2.05) is 43.5 Å². The molecular weight excluding hydrogens is 511 g/mol. The molecule has 1 amide bonds. The number of hydrogen-bond acceptors (Lipinski definition) is 5. The van der Waals surface area contributed by atoms with Crippen molar-refractivity contribution >= 4 is 51.0 Å². The Morgan fingerprint density at radius 1 is 1.17 bits per heavy atom. The molecule has 3 rings (SSSR count). The number of amides is 1. The fraction of sp³-hybridized carbons (Fsp3) is 0.250. The van der Waals surface area contributed by atoms with Crippen LogP contribution in [0.3, 0.4) is 0 Å². The quantitative estimate of drug-likeness (QED) is 0.316. The van der Waals surface area contributed by atoms with Gasteiger partial charge in [0, 0.05) is 17.0 Å². The van der Waals surface area contributed by atoms with E-state index in [0.717, 1.165) is 33.2 Å². The van der Waals surface area contributed by atoms with E-state index in [-0.39, 0.29) is 0 Å². The molecule has 0 radical (unpaired) electrons. The Labute approximate surface area is 215 Å². The number of halogens is 2. The molecule has 0 aliphatic rings. The van der Waals surface area contributed by atoms with Gasteiger partial charge in [-0.3, -0.25) is 9.10 Å². The van der Waals surface area contributed by atoms with Gasteiger partial charge in [-0.2, -0.15) is 5.10 Å². The number of hydrogen-bond donors (Lipinski definition) is 1. The van der Waals surface area contributed by atoms with Crippen LogP contribution in [0.5, 0.6) is 5.75 Å². The summed E-state index contributed by atoms with van der Waals surface area (Å²) in [6, 6.07) is 13.7. The third-order valence-corrected chi connectivity index (χ3v) is 7.11. The number of sulfonamides is 1. The standard InChI is InChI=1S/C24H26Cl2N4O4S/c1-5-34-20-11-9-19(10-12-20)29(35(4,32)33)15-23(31)28-27-14-18-13-16(2)30(17(18)3)22-8-6-7-21(25)24(22)26/h6-14H,5,15H2,1-4H3,(H,28,31)/b27-14+. The fourth-order valence-electron chi connectivity index (χ4n) is 3.57. The Kier molecular flexibility index (Phi) is 8.47. The van der Waals surface area contributed by atoms with Crippen LogP contribution in [0.25, 0.3) is 5.69 Å². The van der Waals surface area contributed by atoms with Crippen molar-refractivity contribution in [2.75, 3.05) is 23.7 Å². The molecule has 8 nitrogen and oxygen atoms in total. The first kappa shape index (κ1) is 26.6. The molecule has 0 aliphatic carbocycles. The van der Waals surface area contributed by atoms with Gasteiger partial charge in [0.15, 0.2) is 0 Å². The van der Waals surface area contributed by atoms with E-state index in [1.165, 1.54) is 6.21 Å². The monoisotopic (exact) mass is 536 g/mol. The summed E-state index contributed by atoms with van der Waals surface area (Å²) in [6.07, 6.45) is 2.53. The van der Waals surface area contributed by atoms with Crippen LogP contribution in [0.2, 0.25) is 10.0 Å². The van der Waals surface area contributed by atoms with E-state index < -0.39 is 22.5 Å². The van der Waals surface area contributed by atoms with Crippen LogP contribution in [0.15, 0.2) is 53.6 Å². The first-order valence-electron chi connectivity index (χ1n) is 10.7. The molecule has 35 heavy (non-hydrogen) atoms. The fourth-order valence-corrected chi connectivity index (χ4v) is 4.81. The van der Waals surface area contributed by atoms with Crippen molar-refractivity contribution < 1.29 is 17.9 Å². The molecule has 0 atom stereocenters. The third kappa shape index (κ3) is 6.36. The predicted molar refractivity (Wildman–Crippen MR) is 141 cm³/mol. The minimum Gasteiger partial charge on any atom is -0.494 e. The largest absolute Gasteiger partial charge is 0.494 e. The minimum atomic E-state index is -3.71. The zero-order valence-corrected chi connectivity index (χ0v) is 22.1. The van der Waals surface area contributed by atoms with Gasteiger partial charge < -0.3 is 9.30 Å². The zero-order chi connectivity index (χ0) is 25.8. The number of nitrogens with zero attached hydrogens (tertiary/aromatic N) is 3. The number of rotatable bonds is 9. The van der Waals surface area contributed by atoms with Crippen molar-refractivity contribution in [3.63, 3.8) is 0 Å². The summed E-state index contributed by atoms with van der Waals surface area (Å²) in [5.41, 5.74) is 5.97. The van der Waals surface area contributed by atoms with E-state index in [0.29, 0.717) is 28.1 Å². The van der Waals surface area contributed by atoms with Crippen LogP contribution in [0.1, 0.15) is 23.9 Å². The summed E-state index contributed by atoms with van der Waals surface area (Å²) in [4.78, 5) is 12.5. The predicted octanol–water partition coefficient (Wildman–Crippen LogP) is 4.72. The van der Waals surface area contributed by atoms with Crippen LogP contribution in [-0.2, 0) is 14.8 Å². The second-order valence-corrected chi connectivity index (χ2v) is 10.4. The zero-order valence-electron chi connectivity index (χ0n) is 19.7. The normalized spacial score (nSPS) is 11.6. The minimum absolute atomic E-state index is 0.344. The highest BCUT2D eigenvalue weighted by atomic mass is 35.5. The molecular formula is C24H26Cl2N4O4S. The third-order valence-electron chi connectivity index (χ3n) is 5.16. The number of nitrogens with one attached hydrogen (secondary N) is 1. The van der Waals surface area contributed by atoms with Crippen molar-refractivity contribution in [1.82, 2.24) is 9.99 Å². The van der Waals surface area contributed by atoms with Crippen molar-refractivity contribution in [1.29, 1.82) is 0 Å². The number of aromatic nitrogens is 1. The maximum atomic E-state index is 12.5.